The van der Waals surface area contributed by atoms with Crippen molar-refractivity contribution in [3.05, 3.63) is 35.1 Å². The van der Waals surface area contributed by atoms with Gasteiger partial charge in [-0.2, -0.15) is 0 Å². The molecule has 16 heavy (non-hydrogen) atoms. The molecule has 0 spiro atoms. The van der Waals surface area contributed by atoms with Gasteiger partial charge < -0.3 is 10.8 Å². The average molecular weight is 233 g/mol. The summed E-state index contributed by atoms with van der Waals surface area (Å²) in [5.74, 6) is -2.21. The number of carboxylic acids is 1. The van der Waals surface area contributed by atoms with Gasteiger partial charge in [-0.05, 0) is 11.6 Å². The normalized spacial score (nSPS) is 12.8. The van der Waals surface area contributed by atoms with Crippen molar-refractivity contribution in [2.45, 2.75) is 18.9 Å². The van der Waals surface area contributed by atoms with Crippen LogP contribution in [-0.4, -0.2) is 11.1 Å². The van der Waals surface area contributed by atoms with E-state index in [1.54, 1.807) is 0 Å². The Morgan fingerprint density at radius 3 is 2.50 bits per heavy atom. The molecule has 0 aliphatic carbocycles. The van der Waals surface area contributed by atoms with Gasteiger partial charge in [0.15, 0.2) is 0 Å². The zero-order valence-electron chi connectivity index (χ0n) is 8.16. The van der Waals surface area contributed by atoms with E-state index in [2.05, 4.69) is 0 Å². The van der Waals surface area contributed by atoms with Crippen LogP contribution in [0.3, 0.4) is 0 Å². The van der Waals surface area contributed by atoms with Gasteiger partial charge in [-0.25, -0.2) is 13.2 Å². The first-order valence-corrected chi connectivity index (χ1v) is 4.46. The number of aliphatic carboxylic acids is 1. The van der Waals surface area contributed by atoms with Crippen LogP contribution in [0.1, 0.15) is 30.0 Å². The standard InChI is InChI=1S/C10H10F3NO2/c11-7-3-5(8(14)4-9(15)16)1-2-6(7)10(12)13/h1-3,8,10H,4,14H2,(H,15,16). The van der Waals surface area contributed by atoms with Crippen molar-refractivity contribution in [3.63, 3.8) is 0 Å². The van der Waals surface area contributed by atoms with Crippen LogP contribution >= 0.6 is 0 Å². The van der Waals surface area contributed by atoms with E-state index in [1.165, 1.54) is 6.07 Å². The van der Waals surface area contributed by atoms with Gasteiger partial charge >= 0.3 is 5.97 Å². The first kappa shape index (κ1) is 12.5. The van der Waals surface area contributed by atoms with Crippen molar-refractivity contribution in [3.8, 4) is 0 Å². The molecule has 1 aromatic rings. The summed E-state index contributed by atoms with van der Waals surface area (Å²) in [7, 11) is 0. The fraction of sp³-hybridized carbons (Fsp3) is 0.300. The van der Waals surface area contributed by atoms with E-state index in [1.807, 2.05) is 0 Å². The van der Waals surface area contributed by atoms with Crippen molar-refractivity contribution in [2.24, 2.45) is 5.73 Å². The first-order chi connectivity index (χ1) is 7.41. The molecule has 0 bridgehead atoms. The number of halogens is 3. The Morgan fingerprint density at radius 1 is 1.44 bits per heavy atom. The molecule has 0 aliphatic heterocycles. The first-order valence-electron chi connectivity index (χ1n) is 4.46. The number of benzene rings is 1. The summed E-state index contributed by atoms with van der Waals surface area (Å²) < 4.78 is 37.5. The number of hydrogen-bond donors (Lipinski definition) is 2. The molecule has 0 aliphatic rings. The Hall–Kier alpha value is -1.56. The van der Waals surface area contributed by atoms with Crippen LogP contribution in [0.2, 0.25) is 0 Å². The number of carboxylic acid groups (broad SMARTS) is 1. The third kappa shape index (κ3) is 2.96. The highest BCUT2D eigenvalue weighted by atomic mass is 19.3. The molecule has 0 radical (unpaired) electrons. The molecule has 1 aromatic carbocycles. The van der Waals surface area contributed by atoms with Crippen LogP contribution in [-0.2, 0) is 4.79 Å². The Kier molecular flexibility index (Phi) is 3.89. The van der Waals surface area contributed by atoms with Gasteiger partial charge in [0.2, 0.25) is 0 Å². The summed E-state index contributed by atoms with van der Waals surface area (Å²) in [6, 6.07) is 2.06. The number of rotatable bonds is 4. The second kappa shape index (κ2) is 4.98. The Bertz CT molecular complexity index is 396. The largest absolute Gasteiger partial charge is 0.481 e. The lowest BCUT2D eigenvalue weighted by Crippen LogP contribution is -2.15. The molecule has 0 saturated heterocycles. The van der Waals surface area contributed by atoms with Crippen molar-refractivity contribution in [1.82, 2.24) is 0 Å². The number of carbonyl (C=O) groups is 1. The summed E-state index contributed by atoms with van der Waals surface area (Å²) in [5.41, 5.74) is 4.92. The van der Waals surface area contributed by atoms with Gasteiger partial charge in [-0.1, -0.05) is 12.1 Å². The average Bonchev–Trinajstić information content (AvgIpc) is 2.15. The molecule has 88 valence electrons. The van der Waals surface area contributed by atoms with Crippen molar-refractivity contribution in [2.75, 3.05) is 0 Å². The topological polar surface area (TPSA) is 63.3 Å². The predicted octanol–water partition coefficient (Wildman–Crippen LogP) is 2.24. The van der Waals surface area contributed by atoms with Gasteiger partial charge in [0.05, 0.1) is 12.0 Å². The fourth-order valence-corrected chi connectivity index (χ4v) is 1.26. The lowest BCUT2D eigenvalue weighted by atomic mass is 10.0. The minimum Gasteiger partial charge on any atom is -0.481 e. The molecule has 0 saturated carbocycles. The van der Waals surface area contributed by atoms with E-state index in [4.69, 9.17) is 10.8 Å². The van der Waals surface area contributed by atoms with Crippen LogP contribution in [0.4, 0.5) is 13.2 Å². The maximum atomic E-state index is 13.1. The smallest absolute Gasteiger partial charge is 0.305 e. The monoisotopic (exact) mass is 233 g/mol. The maximum Gasteiger partial charge on any atom is 0.305 e. The second-order valence-corrected chi connectivity index (χ2v) is 3.29. The van der Waals surface area contributed by atoms with E-state index in [9.17, 15) is 18.0 Å². The molecule has 0 fully saturated rings. The molecule has 1 rings (SSSR count). The summed E-state index contributed by atoms with van der Waals surface area (Å²) in [4.78, 5) is 10.3. The summed E-state index contributed by atoms with van der Waals surface area (Å²) >= 11 is 0. The minimum absolute atomic E-state index is 0.185. The number of hydrogen-bond acceptors (Lipinski definition) is 2. The van der Waals surface area contributed by atoms with E-state index in [0.717, 1.165) is 12.1 Å². The van der Waals surface area contributed by atoms with Crippen LogP contribution < -0.4 is 5.73 Å². The van der Waals surface area contributed by atoms with Gasteiger partial charge in [0, 0.05) is 6.04 Å². The van der Waals surface area contributed by atoms with Crippen LogP contribution in [0.5, 0.6) is 0 Å². The van der Waals surface area contributed by atoms with Gasteiger partial charge in [0.25, 0.3) is 6.43 Å². The van der Waals surface area contributed by atoms with E-state index in [0.29, 0.717) is 0 Å². The molecular weight excluding hydrogens is 223 g/mol. The molecular formula is C10H10F3NO2. The molecule has 0 aromatic heterocycles. The molecule has 6 heteroatoms. The zero-order valence-corrected chi connectivity index (χ0v) is 8.16. The molecule has 0 heterocycles. The summed E-state index contributed by atoms with van der Waals surface area (Å²) in [6.45, 7) is 0. The highest BCUT2D eigenvalue weighted by Gasteiger charge is 2.16. The third-order valence-electron chi connectivity index (χ3n) is 2.08. The summed E-state index contributed by atoms with van der Waals surface area (Å²) in [6.07, 6.45) is -3.28. The zero-order chi connectivity index (χ0) is 12.3. The molecule has 3 nitrogen and oxygen atoms in total. The fourth-order valence-electron chi connectivity index (χ4n) is 1.26. The van der Waals surface area contributed by atoms with Crippen molar-refractivity contribution < 1.29 is 23.1 Å². The number of nitrogens with two attached hydrogens (primary N) is 1. The van der Waals surface area contributed by atoms with Gasteiger partial charge in [-0.15, -0.1) is 0 Å². The van der Waals surface area contributed by atoms with Gasteiger partial charge in [0.1, 0.15) is 5.82 Å². The lowest BCUT2D eigenvalue weighted by Gasteiger charge is -2.10. The maximum absolute atomic E-state index is 13.1. The van der Waals surface area contributed by atoms with Crippen molar-refractivity contribution >= 4 is 5.97 Å². The van der Waals surface area contributed by atoms with Crippen LogP contribution in [0.15, 0.2) is 18.2 Å². The van der Waals surface area contributed by atoms with Crippen molar-refractivity contribution in [1.29, 1.82) is 0 Å². The highest BCUT2D eigenvalue weighted by Crippen LogP contribution is 2.25. The third-order valence-corrected chi connectivity index (χ3v) is 2.08. The molecule has 1 unspecified atom stereocenters. The second-order valence-electron chi connectivity index (χ2n) is 3.29. The van der Waals surface area contributed by atoms with E-state index in [-0.39, 0.29) is 12.0 Å². The summed E-state index contributed by atoms with van der Waals surface area (Å²) in [5, 5.41) is 8.46. The molecule has 0 amide bonds. The van der Waals surface area contributed by atoms with Crippen LogP contribution in [0, 0.1) is 5.82 Å². The Balaban J connectivity index is 2.92. The minimum atomic E-state index is -2.90. The SMILES string of the molecule is NC(CC(=O)O)c1ccc(C(F)F)c(F)c1. The molecule has 1 atom stereocenters. The number of alkyl halides is 2. The quantitative estimate of drug-likeness (QED) is 0.838. The van der Waals surface area contributed by atoms with E-state index >= 15 is 0 Å². The predicted molar refractivity (Wildman–Crippen MR) is 50.5 cm³/mol. The van der Waals surface area contributed by atoms with Gasteiger partial charge in [-0.3, -0.25) is 4.79 Å². The Morgan fingerprint density at radius 2 is 2.06 bits per heavy atom. The highest BCUT2D eigenvalue weighted by molar-refractivity contribution is 5.67. The molecule has 3 N–H and O–H groups in total. The van der Waals surface area contributed by atoms with Crippen LogP contribution in [0.25, 0.3) is 0 Å². The van der Waals surface area contributed by atoms with E-state index < -0.39 is 29.8 Å². The Labute approximate surface area is 89.7 Å². The lowest BCUT2D eigenvalue weighted by molar-refractivity contribution is -0.137.